The van der Waals surface area contributed by atoms with Crippen LogP contribution in [0.3, 0.4) is 0 Å². The lowest BCUT2D eigenvalue weighted by Crippen LogP contribution is -2.73. The third-order valence-electron chi connectivity index (χ3n) is 6.54. The van der Waals surface area contributed by atoms with Crippen molar-refractivity contribution < 1.29 is 14.7 Å². The monoisotopic (exact) mass is 284 g/mol. The van der Waals surface area contributed by atoms with Crippen LogP contribution in [0.2, 0.25) is 0 Å². The summed E-state index contributed by atoms with van der Waals surface area (Å²) >= 11 is 0. The number of aliphatic hydroxyl groups is 1. The molecule has 0 heterocycles. The fourth-order valence-electron chi connectivity index (χ4n) is 5.45. The number of hydrogen-bond acceptors (Lipinski definition) is 3. The van der Waals surface area contributed by atoms with E-state index in [1.807, 2.05) is 37.3 Å². The van der Waals surface area contributed by atoms with Crippen LogP contribution in [0, 0.1) is 23.7 Å². The fraction of sp³-hybridized carbons (Fsp3) is 0.556. The van der Waals surface area contributed by atoms with E-state index in [1.165, 1.54) is 0 Å². The maximum Gasteiger partial charge on any atom is 0.149 e. The molecular formula is C18H20O3. The second-order valence-corrected chi connectivity index (χ2v) is 7.30. The predicted octanol–water partition coefficient (Wildman–Crippen LogP) is 2.12. The maximum absolute atomic E-state index is 12.6. The van der Waals surface area contributed by atoms with Crippen molar-refractivity contribution in [3.05, 3.63) is 35.9 Å². The van der Waals surface area contributed by atoms with Crippen LogP contribution < -0.4 is 0 Å². The SMILES string of the molecule is CC1[C@@H]2C[C@@]3(c4ccccc4)C[C@@H](C2=O)C(=O)[C@@H]1C3(C)O. The zero-order valence-electron chi connectivity index (χ0n) is 12.4. The largest absolute Gasteiger partial charge is 0.388 e. The Morgan fingerprint density at radius 2 is 1.76 bits per heavy atom. The molecule has 0 radical (unpaired) electrons. The number of benzene rings is 1. The van der Waals surface area contributed by atoms with Gasteiger partial charge >= 0.3 is 0 Å². The minimum atomic E-state index is -1.07. The van der Waals surface area contributed by atoms with Crippen LogP contribution in [0.15, 0.2) is 30.3 Å². The second-order valence-electron chi connectivity index (χ2n) is 7.30. The molecule has 4 fully saturated rings. The van der Waals surface area contributed by atoms with E-state index in [1.54, 1.807) is 6.92 Å². The first-order valence-electron chi connectivity index (χ1n) is 7.75. The van der Waals surface area contributed by atoms with Gasteiger partial charge in [0.25, 0.3) is 0 Å². The lowest BCUT2D eigenvalue weighted by atomic mass is 9.38. The smallest absolute Gasteiger partial charge is 0.149 e. The van der Waals surface area contributed by atoms with E-state index in [9.17, 15) is 14.7 Å². The Morgan fingerprint density at radius 3 is 2.43 bits per heavy atom. The first-order chi connectivity index (χ1) is 9.90. The molecule has 4 aliphatic rings. The summed E-state index contributed by atoms with van der Waals surface area (Å²) in [6.07, 6.45) is 1.14. The molecule has 2 unspecified atom stereocenters. The number of Topliss-reactive ketones (excluding diaryl/α,β-unsaturated/α-hetero) is 2. The molecule has 6 atom stereocenters. The number of carbonyl (C=O) groups is 2. The van der Waals surface area contributed by atoms with Gasteiger partial charge < -0.3 is 5.11 Å². The predicted molar refractivity (Wildman–Crippen MR) is 77.6 cm³/mol. The summed E-state index contributed by atoms with van der Waals surface area (Å²) in [5.74, 6) is -0.940. The molecule has 4 bridgehead atoms. The third-order valence-corrected chi connectivity index (χ3v) is 6.54. The maximum atomic E-state index is 12.6. The van der Waals surface area contributed by atoms with Crippen molar-refractivity contribution >= 4 is 11.6 Å². The number of carbonyl (C=O) groups excluding carboxylic acids is 2. The van der Waals surface area contributed by atoms with Crippen LogP contribution >= 0.6 is 0 Å². The summed E-state index contributed by atoms with van der Waals surface area (Å²) in [6, 6.07) is 9.95. The Balaban J connectivity index is 1.94. The highest BCUT2D eigenvalue weighted by Gasteiger charge is 2.71. The average molecular weight is 284 g/mol. The molecule has 0 aromatic heterocycles. The number of rotatable bonds is 1. The molecule has 1 N–H and O–H groups in total. The van der Waals surface area contributed by atoms with Crippen molar-refractivity contribution in [2.45, 2.75) is 37.7 Å². The molecule has 0 amide bonds. The van der Waals surface area contributed by atoms with Crippen molar-refractivity contribution in [1.29, 1.82) is 0 Å². The minimum Gasteiger partial charge on any atom is -0.388 e. The van der Waals surface area contributed by atoms with E-state index in [0.717, 1.165) is 5.56 Å². The Morgan fingerprint density at radius 1 is 1.10 bits per heavy atom. The minimum absolute atomic E-state index is 0.0278. The molecule has 5 rings (SSSR count). The van der Waals surface area contributed by atoms with E-state index in [2.05, 4.69) is 0 Å². The summed E-state index contributed by atoms with van der Waals surface area (Å²) in [4.78, 5) is 25.1. The van der Waals surface area contributed by atoms with Gasteiger partial charge in [-0.3, -0.25) is 9.59 Å². The summed E-state index contributed by atoms with van der Waals surface area (Å²) in [7, 11) is 0. The summed E-state index contributed by atoms with van der Waals surface area (Å²) in [5, 5.41) is 11.3. The van der Waals surface area contributed by atoms with Crippen molar-refractivity contribution in [2.75, 3.05) is 0 Å². The molecule has 1 aromatic carbocycles. The second kappa shape index (κ2) is 3.83. The van der Waals surface area contributed by atoms with Crippen LogP contribution in [0.4, 0.5) is 0 Å². The number of hydrogen-bond donors (Lipinski definition) is 1. The lowest BCUT2D eigenvalue weighted by Gasteiger charge is -2.65. The van der Waals surface area contributed by atoms with Gasteiger partial charge in [0.1, 0.15) is 11.6 Å². The Hall–Kier alpha value is -1.48. The van der Waals surface area contributed by atoms with Crippen molar-refractivity contribution in [3.63, 3.8) is 0 Å². The van der Waals surface area contributed by atoms with Crippen LogP contribution in [0.5, 0.6) is 0 Å². The van der Waals surface area contributed by atoms with Crippen molar-refractivity contribution in [3.8, 4) is 0 Å². The average Bonchev–Trinajstić information content (AvgIpc) is 2.45. The van der Waals surface area contributed by atoms with Crippen LogP contribution in [0.25, 0.3) is 0 Å². The highest BCUT2D eigenvalue weighted by Crippen LogP contribution is 2.64. The summed E-state index contributed by atoms with van der Waals surface area (Å²) in [5.41, 5.74) is -0.455. The quantitative estimate of drug-likeness (QED) is 0.804. The van der Waals surface area contributed by atoms with Crippen molar-refractivity contribution in [1.82, 2.24) is 0 Å². The summed E-state index contributed by atoms with van der Waals surface area (Å²) in [6.45, 7) is 3.76. The van der Waals surface area contributed by atoms with Gasteiger partial charge in [-0.05, 0) is 31.2 Å². The van der Waals surface area contributed by atoms with Gasteiger partial charge in [0.15, 0.2) is 0 Å². The molecule has 1 aromatic rings. The molecule has 110 valence electrons. The normalized spacial score (nSPS) is 48.0. The highest BCUT2D eigenvalue weighted by molar-refractivity contribution is 6.09. The molecular weight excluding hydrogens is 264 g/mol. The van der Waals surface area contributed by atoms with E-state index in [-0.39, 0.29) is 23.4 Å². The van der Waals surface area contributed by atoms with Crippen LogP contribution in [-0.2, 0) is 15.0 Å². The van der Waals surface area contributed by atoms with Gasteiger partial charge in [0, 0.05) is 11.3 Å². The van der Waals surface area contributed by atoms with Gasteiger partial charge in [0.2, 0.25) is 0 Å². The Kier molecular flexibility index (Phi) is 2.41. The van der Waals surface area contributed by atoms with Gasteiger partial charge in [-0.25, -0.2) is 0 Å². The zero-order valence-corrected chi connectivity index (χ0v) is 12.4. The summed E-state index contributed by atoms with van der Waals surface area (Å²) < 4.78 is 0. The molecule has 4 saturated carbocycles. The van der Waals surface area contributed by atoms with Gasteiger partial charge in [0.05, 0.1) is 17.4 Å². The molecule has 0 saturated heterocycles. The lowest BCUT2D eigenvalue weighted by molar-refractivity contribution is -0.201. The van der Waals surface area contributed by atoms with E-state index in [4.69, 9.17) is 0 Å². The van der Waals surface area contributed by atoms with Gasteiger partial charge in [-0.1, -0.05) is 37.3 Å². The first kappa shape index (κ1) is 13.2. The number of ketones is 2. The fourth-order valence-corrected chi connectivity index (χ4v) is 5.45. The van der Waals surface area contributed by atoms with Gasteiger partial charge in [-0.2, -0.15) is 0 Å². The van der Waals surface area contributed by atoms with E-state index < -0.39 is 22.9 Å². The van der Waals surface area contributed by atoms with Crippen molar-refractivity contribution in [2.24, 2.45) is 23.7 Å². The third kappa shape index (κ3) is 1.34. The molecule has 21 heavy (non-hydrogen) atoms. The molecule has 3 heteroatoms. The molecule has 4 aliphatic carbocycles. The highest BCUT2D eigenvalue weighted by atomic mass is 16.3. The first-order valence-corrected chi connectivity index (χ1v) is 7.75. The zero-order chi connectivity index (χ0) is 15.0. The van der Waals surface area contributed by atoms with Gasteiger partial charge in [-0.15, -0.1) is 0 Å². The molecule has 3 nitrogen and oxygen atoms in total. The van der Waals surface area contributed by atoms with E-state index in [0.29, 0.717) is 12.8 Å². The standard InChI is InChI=1S/C18H20O3/c1-10-12-8-18(11-6-4-3-5-7-11)9-13(15(12)19)16(20)14(10)17(18,2)21/h3-7,10,12-14,21H,8-9H2,1-2H3/t10?,12-,13-,14+,17?,18-/m0/s1. The van der Waals surface area contributed by atoms with Crippen LogP contribution in [-0.4, -0.2) is 22.3 Å². The molecule has 0 aliphatic heterocycles. The molecule has 0 spiro atoms. The van der Waals surface area contributed by atoms with E-state index >= 15 is 0 Å². The Labute approximate surface area is 124 Å². The Bertz CT molecular complexity index is 633. The topological polar surface area (TPSA) is 54.4 Å². The van der Waals surface area contributed by atoms with Crippen LogP contribution in [0.1, 0.15) is 32.3 Å².